The molecule has 0 aliphatic carbocycles. The summed E-state index contributed by atoms with van der Waals surface area (Å²) in [5, 5.41) is 0. The van der Waals surface area contributed by atoms with Crippen molar-refractivity contribution in [1.29, 1.82) is 0 Å². The van der Waals surface area contributed by atoms with E-state index in [2.05, 4.69) is 10.7 Å². The van der Waals surface area contributed by atoms with Crippen molar-refractivity contribution in [1.82, 2.24) is 0 Å². The van der Waals surface area contributed by atoms with Gasteiger partial charge in [0.2, 0.25) is 0 Å². The molecule has 5 heavy (non-hydrogen) atoms. The van der Waals surface area contributed by atoms with Gasteiger partial charge in [0.05, 0.1) is 0 Å². The van der Waals surface area contributed by atoms with Crippen molar-refractivity contribution in [3.63, 3.8) is 0 Å². The molecule has 0 heterocycles. The standard InChI is InChI=1S/ClOS.2Li.H/c1-3-2;;;/q-1;;+1;. The third kappa shape index (κ3) is 27.9. The Morgan fingerprint density at radius 2 is 1.60 bits per heavy atom. The molecule has 0 unspecified atom stereocenters. The van der Waals surface area contributed by atoms with E-state index in [4.69, 9.17) is 4.21 Å². The van der Waals surface area contributed by atoms with Gasteiger partial charge in [0.15, 0.2) is 0 Å². The molecular weight excluding hydrogens is 97.4 g/mol. The maximum absolute atomic E-state index is 8.61. The van der Waals surface area contributed by atoms with Crippen molar-refractivity contribution in [3.05, 3.63) is 0 Å². The van der Waals surface area contributed by atoms with Gasteiger partial charge in [-0.25, -0.2) is 0 Å². The molecule has 0 spiro atoms. The summed E-state index contributed by atoms with van der Waals surface area (Å²) in [6.07, 6.45) is 0. The third-order valence-corrected chi connectivity index (χ3v) is 0. The Kier molecular flexibility index (Phi) is 55.6. The third-order valence-electron chi connectivity index (χ3n) is 0. The molecule has 0 bridgehead atoms. The fourth-order valence-corrected chi connectivity index (χ4v) is 0. The fraction of sp³-hybridized carbons (Fsp3) is 0. The summed E-state index contributed by atoms with van der Waals surface area (Å²) in [6.45, 7) is 0. The van der Waals surface area contributed by atoms with Gasteiger partial charge < -0.3 is 4.21 Å². The molecule has 0 saturated heterocycles. The first kappa shape index (κ1) is 15.9. The minimum absolute atomic E-state index is 0. The predicted octanol–water partition coefficient (Wildman–Crippen LogP) is -3.08. The van der Waals surface area contributed by atoms with Crippen LogP contribution >= 0.6 is 10.7 Å². The van der Waals surface area contributed by atoms with Crippen molar-refractivity contribution in [2.75, 3.05) is 0 Å². The van der Waals surface area contributed by atoms with Crippen LogP contribution < -0.4 is 18.9 Å². The van der Waals surface area contributed by atoms with E-state index in [0.717, 1.165) is 0 Å². The molecule has 0 aliphatic heterocycles. The second kappa shape index (κ2) is 17.4. The summed E-state index contributed by atoms with van der Waals surface area (Å²) in [5.41, 5.74) is 0. The Hall–Kier alpha value is 1.63. The molecule has 0 N–H and O–H groups in total. The van der Waals surface area contributed by atoms with Gasteiger partial charge in [0.25, 0.3) is 0 Å². The summed E-state index contributed by atoms with van der Waals surface area (Å²) >= 11 is 0. The van der Waals surface area contributed by atoms with E-state index in [1.165, 1.54) is 0 Å². The maximum atomic E-state index is 8.61. The summed E-state index contributed by atoms with van der Waals surface area (Å²) in [4.78, 5) is 0. The summed E-state index contributed by atoms with van der Waals surface area (Å²) in [5.74, 6) is 0. The molecule has 0 fully saturated rings. The number of rotatable bonds is 0. The van der Waals surface area contributed by atoms with Crippen LogP contribution in [0.15, 0.2) is 0 Å². The molecule has 0 aliphatic rings. The van der Waals surface area contributed by atoms with Crippen LogP contribution in [0.5, 0.6) is 0 Å². The van der Waals surface area contributed by atoms with Gasteiger partial charge in [-0.1, -0.05) is 0 Å². The molecule has 0 saturated carbocycles. The second-order valence-corrected chi connectivity index (χ2v) is 0.567. The van der Waals surface area contributed by atoms with Crippen molar-refractivity contribution < 1.29 is 23.1 Å². The van der Waals surface area contributed by atoms with Crippen LogP contribution in [-0.4, -0.2) is 18.9 Å². The second-order valence-electron chi connectivity index (χ2n) is 0.0630. The zero-order chi connectivity index (χ0) is 2.71. The Balaban J connectivity index is -0.0000000200. The molecule has 22 valence electrons. The zero-order valence-electron chi connectivity index (χ0n) is 2.19. The number of hydrogen-bond donors (Lipinski definition) is 0. The van der Waals surface area contributed by atoms with E-state index >= 15 is 0 Å². The molecule has 0 amide bonds. The fourth-order valence-electron chi connectivity index (χ4n) is 0. The number of hydrogen-bond acceptors (Lipinski definition) is 2. The van der Waals surface area contributed by atoms with Crippen molar-refractivity contribution >= 4 is 40.4 Å². The molecule has 0 aromatic rings. The first-order valence-electron chi connectivity index (χ1n) is 0.321. The van der Waals surface area contributed by atoms with Gasteiger partial charge in [0.1, 0.15) is 0 Å². The van der Waals surface area contributed by atoms with E-state index in [0.29, 0.717) is 0 Å². The van der Waals surface area contributed by atoms with Crippen LogP contribution in [0.2, 0.25) is 0 Å². The van der Waals surface area contributed by atoms with Gasteiger partial charge in [-0.15, -0.1) is 0 Å². The van der Waals surface area contributed by atoms with Crippen molar-refractivity contribution in [3.8, 4) is 0 Å². The summed E-state index contributed by atoms with van der Waals surface area (Å²) in [6, 6.07) is 0. The Morgan fingerprint density at radius 1 is 1.60 bits per heavy atom. The monoisotopic (exact) mass is 98.0 g/mol. The molecule has 0 atom stereocenters. The minimum atomic E-state index is -0.0278. The van der Waals surface area contributed by atoms with E-state index in [-0.39, 0.29) is 48.6 Å². The zero-order valence-corrected chi connectivity index (χ0v) is 3.77. The molecule has 5 heteroatoms. The Bertz CT molecular complexity index is 17.1. The van der Waals surface area contributed by atoms with E-state index < -0.39 is 0 Å². The Labute approximate surface area is 63.2 Å². The van der Waals surface area contributed by atoms with Crippen LogP contribution in [0.4, 0.5) is 0 Å². The average molecular weight is 98.4 g/mol. The van der Waals surface area contributed by atoms with Gasteiger partial charge in [-0.2, -0.15) is 0 Å². The average Bonchev–Trinajstić information content (AvgIpc) is 0.918. The quantitative estimate of drug-likeness (QED) is 0.178. The van der Waals surface area contributed by atoms with Gasteiger partial charge >= 0.3 is 37.7 Å². The summed E-state index contributed by atoms with van der Waals surface area (Å²) in [7, 11) is 4.33. The summed E-state index contributed by atoms with van der Waals surface area (Å²) < 4.78 is 8.61. The van der Waals surface area contributed by atoms with Crippen LogP contribution in [0.3, 0.4) is 0 Å². The van der Waals surface area contributed by atoms with Crippen molar-refractivity contribution in [2.24, 2.45) is 0 Å². The van der Waals surface area contributed by atoms with Crippen LogP contribution in [0, 0.1) is 0 Å². The van der Waals surface area contributed by atoms with Gasteiger partial charge in [-0.05, 0) is 0 Å². The molecule has 0 rings (SSSR count). The van der Waals surface area contributed by atoms with E-state index in [9.17, 15) is 0 Å². The van der Waals surface area contributed by atoms with Crippen LogP contribution in [0.25, 0.3) is 0 Å². The Morgan fingerprint density at radius 3 is 1.60 bits per heavy atom. The molecule has 1 nitrogen and oxygen atoms in total. The topological polar surface area (TPSA) is 17.1 Å². The first-order valence-corrected chi connectivity index (χ1v) is 1.89. The van der Waals surface area contributed by atoms with E-state index in [1.54, 1.807) is 0 Å². The van der Waals surface area contributed by atoms with Gasteiger partial charge in [-0.3, -0.25) is 21.6 Å². The molecule has 0 radical (unpaired) electrons. The molecule has 0 aromatic heterocycles. The number of halogens is 1. The van der Waals surface area contributed by atoms with Crippen LogP contribution in [0.1, 0.15) is 0 Å². The SMILES string of the molecule is O=[S-]Cl.[Li+].[LiH]. The molecule has 0 aromatic carbocycles. The van der Waals surface area contributed by atoms with E-state index in [1.807, 2.05) is 0 Å². The van der Waals surface area contributed by atoms with Crippen LogP contribution in [-0.2, 0) is 15.1 Å². The predicted molar refractivity (Wildman–Crippen MR) is 21.1 cm³/mol. The van der Waals surface area contributed by atoms with Crippen molar-refractivity contribution in [2.45, 2.75) is 0 Å². The van der Waals surface area contributed by atoms with Gasteiger partial charge in [0, 0.05) is 0 Å². The normalized spacial score (nSPS) is 3.40. The first-order chi connectivity index (χ1) is 1.41. The molecular formula is HClLi2OS.